The molecule has 0 radical (unpaired) electrons. The van der Waals surface area contributed by atoms with Gasteiger partial charge in [0, 0.05) is 11.3 Å². The van der Waals surface area contributed by atoms with Crippen molar-refractivity contribution >= 4 is 0 Å². The highest BCUT2D eigenvalue weighted by Gasteiger charge is 2.42. The second-order valence-electron chi connectivity index (χ2n) is 10.9. The van der Waals surface area contributed by atoms with Gasteiger partial charge in [-0.2, -0.15) is 5.26 Å². The van der Waals surface area contributed by atoms with Crippen molar-refractivity contribution in [1.29, 1.82) is 5.26 Å². The van der Waals surface area contributed by atoms with Crippen LogP contribution in [0.2, 0.25) is 0 Å². The van der Waals surface area contributed by atoms with Gasteiger partial charge in [-0.3, -0.25) is 0 Å². The molecule has 1 saturated carbocycles. The Hall–Kier alpha value is -1.81. The SMILES string of the molecule is CCCCCCCC1(C#N)CCC(C2(CCCCCC)C=CC(c3ccccc3)C=C2)CC1. The Morgan fingerprint density at radius 2 is 1.36 bits per heavy atom. The Labute approximate surface area is 204 Å². The number of hydrogen-bond acceptors (Lipinski definition) is 1. The Morgan fingerprint density at radius 1 is 0.788 bits per heavy atom. The van der Waals surface area contributed by atoms with E-state index in [0.717, 1.165) is 19.3 Å². The number of hydrogen-bond donors (Lipinski definition) is 0. The van der Waals surface area contributed by atoms with Crippen molar-refractivity contribution in [2.75, 3.05) is 0 Å². The van der Waals surface area contributed by atoms with Gasteiger partial charge in [0.2, 0.25) is 0 Å². The molecule has 0 bridgehead atoms. The minimum absolute atomic E-state index is 0.0548. The van der Waals surface area contributed by atoms with Crippen molar-refractivity contribution in [1.82, 2.24) is 0 Å². The summed E-state index contributed by atoms with van der Waals surface area (Å²) in [4.78, 5) is 0. The highest BCUT2D eigenvalue weighted by molar-refractivity contribution is 5.34. The van der Waals surface area contributed by atoms with Gasteiger partial charge in [-0.05, 0) is 50.0 Å². The Bertz CT molecular complexity index is 758. The molecule has 0 N–H and O–H groups in total. The van der Waals surface area contributed by atoms with Crippen LogP contribution in [0.4, 0.5) is 0 Å². The average molecular weight is 446 g/mol. The first-order valence-electron chi connectivity index (χ1n) is 14.0. The number of nitrogens with zero attached hydrogens (tertiary/aromatic N) is 1. The zero-order chi connectivity index (χ0) is 23.4. The third-order valence-electron chi connectivity index (χ3n) is 8.57. The summed E-state index contributed by atoms with van der Waals surface area (Å²) in [5, 5.41) is 10.1. The van der Waals surface area contributed by atoms with Crippen LogP contribution in [-0.4, -0.2) is 0 Å². The van der Waals surface area contributed by atoms with Crippen LogP contribution in [0.25, 0.3) is 0 Å². The van der Waals surface area contributed by atoms with Crippen LogP contribution in [0, 0.1) is 28.1 Å². The Kier molecular flexibility index (Phi) is 10.3. The van der Waals surface area contributed by atoms with Gasteiger partial charge in [0.25, 0.3) is 0 Å². The number of unbranched alkanes of at least 4 members (excludes halogenated alkanes) is 7. The summed E-state index contributed by atoms with van der Waals surface area (Å²) in [6, 6.07) is 13.7. The second-order valence-corrected chi connectivity index (χ2v) is 10.9. The third-order valence-corrected chi connectivity index (χ3v) is 8.57. The highest BCUT2D eigenvalue weighted by Crippen LogP contribution is 2.52. The summed E-state index contributed by atoms with van der Waals surface area (Å²) < 4.78 is 0. The molecule has 0 spiro atoms. The van der Waals surface area contributed by atoms with Gasteiger partial charge >= 0.3 is 0 Å². The first kappa shape index (κ1) is 25.8. The van der Waals surface area contributed by atoms with Crippen LogP contribution in [0.15, 0.2) is 54.6 Å². The molecule has 33 heavy (non-hydrogen) atoms. The fourth-order valence-corrected chi connectivity index (χ4v) is 6.28. The quantitative estimate of drug-likeness (QED) is 0.219. The molecule has 0 atom stereocenters. The first-order valence-corrected chi connectivity index (χ1v) is 14.0. The van der Waals surface area contributed by atoms with E-state index in [1.165, 1.54) is 82.6 Å². The molecular formula is C32H47N. The van der Waals surface area contributed by atoms with Crippen LogP contribution in [-0.2, 0) is 0 Å². The van der Waals surface area contributed by atoms with E-state index < -0.39 is 0 Å². The maximum atomic E-state index is 10.1. The molecule has 180 valence electrons. The van der Waals surface area contributed by atoms with E-state index in [1.54, 1.807) is 0 Å². The van der Waals surface area contributed by atoms with Crippen LogP contribution < -0.4 is 0 Å². The monoisotopic (exact) mass is 445 g/mol. The number of benzene rings is 1. The molecule has 0 unspecified atom stereocenters. The van der Waals surface area contributed by atoms with Gasteiger partial charge in [0.15, 0.2) is 0 Å². The fraction of sp³-hybridized carbons (Fsp3) is 0.656. The first-order chi connectivity index (χ1) is 16.2. The van der Waals surface area contributed by atoms with E-state index >= 15 is 0 Å². The number of rotatable bonds is 13. The van der Waals surface area contributed by atoms with E-state index in [4.69, 9.17) is 0 Å². The Morgan fingerprint density at radius 3 is 1.97 bits per heavy atom. The highest BCUT2D eigenvalue weighted by atomic mass is 14.5. The number of allylic oxidation sites excluding steroid dienone is 4. The molecule has 1 fully saturated rings. The molecule has 1 heteroatoms. The molecule has 1 nitrogen and oxygen atoms in total. The molecule has 2 aliphatic rings. The molecule has 2 aliphatic carbocycles. The average Bonchev–Trinajstić information content (AvgIpc) is 2.88. The summed E-state index contributed by atoms with van der Waals surface area (Å²) in [7, 11) is 0. The lowest BCUT2D eigenvalue weighted by Crippen LogP contribution is -2.35. The van der Waals surface area contributed by atoms with Crippen molar-refractivity contribution in [3.8, 4) is 6.07 Å². The minimum Gasteiger partial charge on any atom is -0.198 e. The van der Waals surface area contributed by atoms with Gasteiger partial charge in [0.1, 0.15) is 0 Å². The van der Waals surface area contributed by atoms with Crippen molar-refractivity contribution in [3.05, 3.63) is 60.2 Å². The van der Waals surface area contributed by atoms with Gasteiger partial charge in [0.05, 0.1) is 11.5 Å². The molecule has 0 saturated heterocycles. The molecule has 0 aromatic heterocycles. The van der Waals surface area contributed by atoms with Crippen molar-refractivity contribution in [2.45, 2.75) is 116 Å². The third kappa shape index (κ3) is 7.09. The normalized spacial score (nSPS) is 29.1. The summed E-state index contributed by atoms with van der Waals surface area (Å²) in [6.45, 7) is 4.57. The minimum atomic E-state index is -0.0548. The predicted molar refractivity (Wildman–Crippen MR) is 142 cm³/mol. The molecule has 1 aromatic rings. The van der Waals surface area contributed by atoms with Crippen LogP contribution in [0.3, 0.4) is 0 Å². The predicted octanol–water partition coefficient (Wildman–Crippen LogP) is 9.91. The van der Waals surface area contributed by atoms with Crippen LogP contribution in [0.1, 0.15) is 122 Å². The summed E-state index contributed by atoms with van der Waals surface area (Å²) >= 11 is 0. The lowest BCUT2D eigenvalue weighted by atomic mass is 9.59. The standard InChI is InChI=1S/C32H47N/c1-3-5-7-9-13-21-31(27-33)23-19-30(20-24-31)32(22-14-8-6-4-2)25-17-29(18-26-32)28-15-11-10-12-16-28/h10-12,15-18,25-26,29-30H,3-9,13-14,19-24H2,1-2H3. The topological polar surface area (TPSA) is 23.8 Å². The van der Waals surface area contributed by atoms with Crippen molar-refractivity contribution in [2.24, 2.45) is 16.7 Å². The molecule has 1 aromatic carbocycles. The van der Waals surface area contributed by atoms with Crippen LogP contribution in [0.5, 0.6) is 0 Å². The van der Waals surface area contributed by atoms with Gasteiger partial charge in [-0.15, -0.1) is 0 Å². The maximum Gasteiger partial charge on any atom is 0.0689 e. The van der Waals surface area contributed by atoms with Crippen molar-refractivity contribution < 1.29 is 0 Å². The van der Waals surface area contributed by atoms with E-state index in [-0.39, 0.29) is 10.8 Å². The summed E-state index contributed by atoms with van der Waals surface area (Å²) in [5.41, 5.74) is 1.53. The molecule has 3 rings (SSSR count). The largest absolute Gasteiger partial charge is 0.198 e. The van der Waals surface area contributed by atoms with Crippen molar-refractivity contribution in [3.63, 3.8) is 0 Å². The lowest BCUT2D eigenvalue weighted by Gasteiger charge is -2.45. The van der Waals surface area contributed by atoms with Gasteiger partial charge in [-0.1, -0.05) is 126 Å². The van der Waals surface area contributed by atoms with Crippen LogP contribution >= 0.6 is 0 Å². The van der Waals surface area contributed by atoms with Gasteiger partial charge < -0.3 is 0 Å². The number of nitriles is 1. The molecule has 0 amide bonds. The molecule has 0 aliphatic heterocycles. The van der Waals surface area contributed by atoms with E-state index in [1.807, 2.05) is 0 Å². The fourth-order valence-electron chi connectivity index (χ4n) is 6.28. The summed E-state index contributed by atoms with van der Waals surface area (Å²) in [6.07, 6.45) is 28.9. The van der Waals surface area contributed by atoms with E-state index in [0.29, 0.717) is 11.8 Å². The zero-order valence-electron chi connectivity index (χ0n) is 21.4. The Balaban J connectivity index is 1.65. The zero-order valence-corrected chi connectivity index (χ0v) is 21.4. The lowest BCUT2D eigenvalue weighted by molar-refractivity contribution is 0.127. The smallest absolute Gasteiger partial charge is 0.0689 e. The maximum absolute atomic E-state index is 10.1. The van der Waals surface area contributed by atoms with E-state index in [2.05, 4.69) is 74.6 Å². The second kappa shape index (κ2) is 13.2. The molecule has 0 heterocycles. The summed E-state index contributed by atoms with van der Waals surface area (Å²) in [5.74, 6) is 1.09. The molecular weight excluding hydrogens is 398 g/mol. The van der Waals surface area contributed by atoms with Gasteiger partial charge in [-0.25, -0.2) is 0 Å². The van der Waals surface area contributed by atoms with E-state index in [9.17, 15) is 5.26 Å².